The van der Waals surface area contributed by atoms with Crippen molar-refractivity contribution in [1.82, 2.24) is 0 Å². The van der Waals surface area contributed by atoms with Crippen LogP contribution in [0.2, 0.25) is 0 Å². The molecular weight excluding hydrogens is 316 g/mol. The van der Waals surface area contributed by atoms with E-state index in [0.29, 0.717) is 30.5 Å². The zero-order chi connectivity index (χ0) is 18.0. The van der Waals surface area contributed by atoms with Crippen LogP contribution < -0.4 is 0 Å². The molecule has 0 N–H and O–H groups in total. The molecule has 0 saturated heterocycles. The zero-order valence-electron chi connectivity index (χ0n) is 15.5. The van der Waals surface area contributed by atoms with Gasteiger partial charge in [-0.05, 0) is 60.8 Å². The number of methoxy groups -OCH3 is 1. The van der Waals surface area contributed by atoms with Gasteiger partial charge in [0.2, 0.25) is 0 Å². The fourth-order valence-corrected chi connectivity index (χ4v) is 6.91. The SMILES string of the molecule is COC(=O)[C@H]1CC[C@H]2[C@@H]3CCC4=CC(=O)CC[C@]4(C)[C@H]3C(=O)C[C@]12C. The second-order valence-electron chi connectivity index (χ2n) is 9.14. The third kappa shape index (κ3) is 2.22. The minimum Gasteiger partial charge on any atom is -0.469 e. The molecule has 0 aromatic heterocycles. The Hall–Kier alpha value is -1.45. The molecule has 0 aromatic carbocycles. The molecule has 4 nitrogen and oxygen atoms in total. The number of carbonyl (C=O) groups is 3. The van der Waals surface area contributed by atoms with E-state index in [4.69, 9.17) is 4.74 Å². The normalized spacial score (nSPS) is 46.0. The molecule has 0 spiro atoms. The van der Waals surface area contributed by atoms with Gasteiger partial charge in [-0.15, -0.1) is 0 Å². The highest BCUT2D eigenvalue weighted by molar-refractivity contribution is 5.93. The van der Waals surface area contributed by atoms with Crippen LogP contribution in [0, 0.1) is 34.5 Å². The molecule has 0 unspecified atom stereocenters. The Morgan fingerprint density at radius 2 is 1.92 bits per heavy atom. The van der Waals surface area contributed by atoms with Crippen molar-refractivity contribution in [1.29, 1.82) is 0 Å². The summed E-state index contributed by atoms with van der Waals surface area (Å²) in [5.74, 6) is 1.00. The highest BCUT2D eigenvalue weighted by Crippen LogP contribution is 2.65. The summed E-state index contributed by atoms with van der Waals surface area (Å²) in [6.07, 6.45) is 7.41. The number of ketones is 2. The maximum atomic E-state index is 13.3. The summed E-state index contributed by atoms with van der Waals surface area (Å²) in [5.41, 5.74) is 0.788. The van der Waals surface area contributed by atoms with E-state index >= 15 is 0 Å². The van der Waals surface area contributed by atoms with Crippen LogP contribution in [0.4, 0.5) is 0 Å². The van der Waals surface area contributed by atoms with Crippen LogP contribution in [0.1, 0.15) is 58.8 Å². The number of rotatable bonds is 1. The molecule has 4 rings (SSSR count). The molecule has 0 radical (unpaired) electrons. The quantitative estimate of drug-likeness (QED) is 0.683. The molecule has 0 aromatic rings. The summed E-state index contributed by atoms with van der Waals surface area (Å²) < 4.78 is 5.04. The van der Waals surface area contributed by atoms with Gasteiger partial charge < -0.3 is 4.74 Å². The third-order valence-electron chi connectivity index (χ3n) is 8.14. The first-order valence-electron chi connectivity index (χ1n) is 9.65. The Bertz CT molecular complexity index is 677. The van der Waals surface area contributed by atoms with Gasteiger partial charge in [0, 0.05) is 18.8 Å². The summed E-state index contributed by atoms with van der Waals surface area (Å²) in [6, 6.07) is 0. The second-order valence-corrected chi connectivity index (χ2v) is 9.14. The minimum absolute atomic E-state index is 0.0232. The molecule has 25 heavy (non-hydrogen) atoms. The lowest BCUT2D eigenvalue weighted by Crippen LogP contribution is -2.55. The first-order chi connectivity index (χ1) is 11.8. The fraction of sp³-hybridized carbons (Fsp3) is 0.762. The van der Waals surface area contributed by atoms with Gasteiger partial charge in [0.15, 0.2) is 5.78 Å². The molecule has 3 fully saturated rings. The predicted octanol–water partition coefficient (Wildman–Crippen LogP) is 3.49. The van der Waals surface area contributed by atoms with Crippen molar-refractivity contribution < 1.29 is 19.1 Å². The van der Waals surface area contributed by atoms with Crippen LogP contribution in [0.3, 0.4) is 0 Å². The molecule has 4 heteroatoms. The lowest BCUT2D eigenvalue weighted by Gasteiger charge is -2.56. The van der Waals surface area contributed by atoms with Gasteiger partial charge in [-0.3, -0.25) is 14.4 Å². The topological polar surface area (TPSA) is 60.4 Å². The molecule has 0 amide bonds. The Morgan fingerprint density at radius 3 is 2.64 bits per heavy atom. The molecule has 4 aliphatic carbocycles. The van der Waals surface area contributed by atoms with E-state index in [-0.39, 0.29) is 34.4 Å². The van der Waals surface area contributed by atoms with Crippen LogP contribution in [0.25, 0.3) is 0 Å². The van der Waals surface area contributed by atoms with Crippen molar-refractivity contribution >= 4 is 17.5 Å². The zero-order valence-corrected chi connectivity index (χ0v) is 15.5. The number of hydrogen-bond acceptors (Lipinski definition) is 4. The smallest absolute Gasteiger partial charge is 0.309 e. The third-order valence-corrected chi connectivity index (χ3v) is 8.14. The van der Waals surface area contributed by atoms with Gasteiger partial charge >= 0.3 is 5.97 Å². The first-order valence-corrected chi connectivity index (χ1v) is 9.65. The van der Waals surface area contributed by atoms with Crippen LogP contribution >= 0.6 is 0 Å². The maximum absolute atomic E-state index is 13.3. The van der Waals surface area contributed by atoms with E-state index in [1.807, 2.05) is 6.08 Å². The predicted molar refractivity (Wildman–Crippen MR) is 92.6 cm³/mol. The van der Waals surface area contributed by atoms with Gasteiger partial charge in [-0.1, -0.05) is 19.4 Å². The van der Waals surface area contributed by atoms with Gasteiger partial charge in [0.05, 0.1) is 13.0 Å². The van der Waals surface area contributed by atoms with Crippen molar-refractivity contribution in [2.45, 2.75) is 58.8 Å². The Labute approximate surface area is 149 Å². The summed E-state index contributed by atoms with van der Waals surface area (Å²) in [5, 5.41) is 0. The van der Waals surface area contributed by atoms with Gasteiger partial charge in [-0.25, -0.2) is 0 Å². The number of ether oxygens (including phenoxy) is 1. The number of esters is 1. The molecule has 0 aliphatic heterocycles. The van der Waals surface area contributed by atoms with E-state index in [1.54, 1.807) is 0 Å². The highest BCUT2D eigenvalue weighted by atomic mass is 16.5. The standard InChI is InChI=1S/C21H28O4/c1-20-9-8-13(22)10-12(20)4-5-14-15-6-7-16(19(24)25-3)21(15,2)11-17(23)18(14)20/h10,14-16,18H,4-9,11H2,1-3H3/t14-,15-,16+,18+,20-,21-/m0/s1. The minimum atomic E-state index is -0.257. The molecular formula is C21H28O4. The average molecular weight is 344 g/mol. The number of hydrogen-bond donors (Lipinski definition) is 0. The van der Waals surface area contributed by atoms with E-state index in [0.717, 1.165) is 32.1 Å². The number of Topliss-reactive ketones (excluding diaryl/α,β-unsaturated/α-hetero) is 1. The van der Waals surface area contributed by atoms with Crippen LogP contribution in [-0.4, -0.2) is 24.6 Å². The average Bonchev–Trinajstić information content (AvgIpc) is 2.91. The number of fused-ring (bicyclic) bond motifs is 5. The van der Waals surface area contributed by atoms with E-state index < -0.39 is 0 Å². The van der Waals surface area contributed by atoms with Crippen molar-refractivity contribution in [2.24, 2.45) is 34.5 Å². The van der Waals surface area contributed by atoms with Crippen LogP contribution in [-0.2, 0) is 19.1 Å². The lowest BCUT2D eigenvalue weighted by molar-refractivity contribution is -0.157. The van der Waals surface area contributed by atoms with Crippen molar-refractivity contribution in [3.05, 3.63) is 11.6 Å². The van der Waals surface area contributed by atoms with E-state index in [2.05, 4.69) is 13.8 Å². The van der Waals surface area contributed by atoms with Crippen molar-refractivity contribution in [3.63, 3.8) is 0 Å². The van der Waals surface area contributed by atoms with Gasteiger partial charge in [0.25, 0.3) is 0 Å². The Balaban J connectivity index is 1.71. The monoisotopic (exact) mass is 344 g/mol. The summed E-state index contributed by atoms with van der Waals surface area (Å²) in [6.45, 7) is 4.34. The van der Waals surface area contributed by atoms with E-state index in [9.17, 15) is 14.4 Å². The van der Waals surface area contributed by atoms with Crippen LogP contribution in [0.5, 0.6) is 0 Å². The van der Waals surface area contributed by atoms with Gasteiger partial charge in [0.1, 0.15) is 5.78 Å². The fourth-order valence-electron chi connectivity index (χ4n) is 6.91. The lowest BCUT2D eigenvalue weighted by atomic mass is 9.46. The Morgan fingerprint density at radius 1 is 1.16 bits per heavy atom. The van der Waals surface area contributed by atoms with Crippen molar-refractivity contribution in [3.8, 4) is 0 Å². The molecule has 6 atom stereocenters. The Kier molecular flexibility index (Phi) is 3.75. The number of carbonyl (C=O) groups excluding carboxylic acids is 3. The molecule has 0 heterocycles. The molecule has 4 aliphatic rings. The summed E-state index contributed by atoms with van der Waals surface area (Å²) in [7, 11) is 1.45. The second kappa shape index (κ2) is 5.52. The van der Waals surface area contributed by atoms with Crippen molar-refractivity contribution in [2.75, 3.05) is 7.11 Å². The largest absolute Gasteiger partial charge is 0.469 e. The number of allylic oxidation sites excluding steroid dienone is 1. The maximum Gasteiger partial charge on any atom is 0.309 e. The first kappa shape index (κ1) is 17.0. The van der Waals surface area contributed by atoms with Gasteiger partial charge in [-0.2, -0.15) is 0 Å². The van der Waals surface area contributed by atoms with E-state index in [1.165, 1.54) is 12.7 Å². The summed E-state index contributed by atoms with van der Waals surface area (Å²) in [4.78, 5) is 37.5. The van der Waals surface area contributed by atoms with Crippen LogP contribution in [0.15, 0.2) is 11.6 Å². The highest BCUT2D eigenvalue weighted by Gasteiger charge is 2.63. The molecule has 0 bridgehead atoms. The molecule has 3 saturated carbocycles. The summed E-state index contributed by atoms with van der Waals surface area (Å²) >= 11 is 0. The molecule has 136 valence electrons.